The second-order valence-corrected chi connectivity index (χ2v) is 10.7. The molecule has 2 saturated heterocycles. The Kier molecular flexibility index (Phi) is 4.40. The van der Waals surface area contributed by atoms with Crippen molar-refractivity contribution in [3.8, 4) is 5.88 Å². The molecule has 0 radical (unpaired) electrons. The highest BCUT2D eigenvalue weighted by Gasteiger charge is 2.38. The lowest BCUT2D eigenvalue weighted by molar-refractivity contribution is 0.265. The molecule has 6 heterocycles. The Labute approximate surface area is 213 Å². The van der Waals surface area contributed by atoms with Crippen molar-refractivity contribution in [3.05, 3.63) is 69.8 Å². The summed E-state index contributed by atoms with van der Waals surface area (Å²) >= 11 is 0. The van der Waals surface area contributed by atoms with Gasteiger partial charge in [0.15, 0.2) is 11.7 Å². The average molecular weight is 490 g/mol. The molecule has 8 nitrogen and oxygen atoms in total. The van der Waals surface area contributed by atoms with E-state index in [4.69, 9.17) is 9.98 Å². The van der Waals surface area contributed by atoms with Gasteiger partial charge in [0.25, 0.3) is 0 Å². The number of dihydropyridines is 1. The molecule has 0 aliphatic carbocycles. The van der Waals surface area contributed by atoms with E-state index in [0.29, 0.717) is 17.9 Å². The number of allylic oxidation sites excluding steroid dienone is 1. The van der Waals surface area contributed by atoms with Gasteiger partial charge in [0.05, 0.1) is 16.1 Å². The largest absolute Gasteiger partial charge is 0.494 e. The Morgan fingerprint density at radius 2 is 1.78 bits per heavy atom. The van der Waals surface area contributed by atoms with Gasteiger partial charge in [-0.3, -0.25) is 9.98 Å². The predicted molar refractivity (Wildman–Crippen MR) is 145 cm³/mol. The molecular formula is C29H27N7O. The van der Waals surface area contributed by atoms with Crippen molar-refractivity contribution in [2.75, 3.05) is 25.0 Å². The minimum absolute atomic E-state index is 0.101. The van der Waals surface area contributed by atoms with Crippen LogP contribution in [0.25, 0.3) is 22.2 Å². The summed E-state index contributed by atoms with van der Waals surface area (Å²) in [6.45, 7) is 2.22. The molecule has 5 aliphatic rings. The summed E-state index contributed by atoms with van der Waals surface area (Å²) < 4.78 is 0. The maximum atomic E-state index is 10.8. The Bertz CT molecular complexity index is 1800. The lowest BCUT2D eigenvalue weighted by Gasteiger charge is -2.41. The Morgan fingerprint density at radius 3 is 2.65 bits per heavy atom. The molecular weight excluding hydrogens is 462 g/mol. The van der Waals surface area contributed by atoms with Gasteiger partial charge >= 0.3 is 0 Å². The number of nitrogens with one attached hydrogen (secondary N) is 1. The fraction of sp³-hybridized carbons (Fsp3) is 0.310. The van der Waals surface area contributed by atoms with Crippen LogP contribution >= 0.6 is 0 Å². The first-order valence-corrected chi connectivity index (χ1v) is 13.0. The third-order valence-corrected chi connectivity index (χ3v) is 8.45. The van der Waals surface area contributed by atoms with Crippen molar-refractivity contribution in [2.45, 2.75) is 31.1 Å². The van der Waals surface area contributed by atoms with Crippen LogP contribution in [0, 0.1) is 5.92 Å². The van der Waals surface area contributed by atoms with E-state index in [1.807, 2.05) is 24.6 Å². The summed E-state index contributed by atoms with van der Waals surface area (Å²) in [5.74, 6) is 0.863. The van der Waals surface area contributed by atoms with Gasteiger partial charge in [0, 0.05) is 66.0 Å². The summed E-state index contributed by atoms with van der Waals surface area (Å²) in [6, 6.07) is 11.7. The number of likely N-dealkylation sites (N-methyl/N-ethyl adjacent to an activating group) is 1. The van der Waals surface area contributed by atoms with Crippen LogP contribution < -0.4 is 26.1 Å². The normalized spacial score (nSPS) is 30.6. The second kappa shape index (κ2) is 7.73. The first-order chi connectivity index (χ1) is 18.1. The number of benzene rings is 2. The number of aromatic hydroxyl groups is 1. The topological polar surface area (TPSA) is 91.9 Å². The minimum atomic E-state index is -0.101. The lowest BCUT2D eigenvalue weighted by Crippen LogP contribution is -2.52. The highest BCUT2D eigenvalue weighted by Crippen LogP contribution is 2.34. The van der Waals surface area contributed by atoms with Crippen molar-refractivity contribution in [2.24, 2.45) is 25.9 Å². The lowest BCUT2D eigenvalue weighted by atomic mass is 9.94. The number of aromatic amines is 1. The molecule has 2 N–H and O–H groups in total. The van der Waals surface area contributed by atoms with E-state index < -0.39 is 0 Å². The van der Waals surface area contributed by atoms with Gasteiger partial charge in [-0.25, -0.2) is 9.98 Å². The average Bonchev–Trinajstić information content (AvgIpc) is 3.67. The van der Waals surface area contributed by atoms with Crippen molar-refractivity contribution in [1.82, 2.24) is 9.88 Å². The molecule has 4 unspecified atom stereocenters. The minimum Gasteiger partial charge on any atom is -0.494 e. The Balaban J connectivity index is 1.28. The van der Waals surface area contributed by atoms with Crippen molar-refractivity contribution >= 4 is 40.3 Å². The third kappa shape index (κ3) is 3.12. The van der Waals surface area contributed by atoms with E-state index >= 15 is 0 Å². The van der Waals surface area contributed by atoms with Crippen LogP contribution in [0.2, 0.25) is 0 Å². The molecule has 2 bridgehead atoms. The van der Waals surface area contributed by atoms with Crippen molar-refractivity contribution in [1.29, 1.82) is 0 Å². The molecule has 3 aromatic rings. The second-order valence-electron chi connectivity index (χ2n) is 10.7. The maximum absolute atomic E-state index is 10.8. The maximum Gasteiger partial charge on any atom is 0.197 e. The van der Waals surface area contributed by atoms with Crippen LogP contribution in [-0.2, 0) is 0 Å². The van der Waals surface area contributed by atoms with Crippen LogP contribution in [0.5, 0.6) is 5.88 Å². The first-order valence-electron chi connectivity index (χ1n) is 13.0. The number of fused-ring (bicyclic) bond motifs is 5. The molecule has 8 rings (SSSR count). The van der Waals surface area contributed by atoms with Gasteiger partial charge in [0.1, 0.15) is 6.17 Å². The van der Waals surface area contributed by atoms with Gasteiger partial charge < -0.3 is 19.9 Å². The molecule has 37 heavy (non-hydrogen) atoms. The van der Waals surface area contributed by atoms with Crippen LogP contribution in [0.4, 0.5) is 5.69 Å². The quantitative estimate of drug-likeness (QED) is 0.534. The Morgan fingerprint density at radius 1 is 0.973 bits per heavy atom. The number of H-pyrrole nitrogens is 1. The number of nitrogens with zero attached hydrogens (tertiary/aromatic N) is 6. The van der Waals surface area contributed by atoms with Gasteiger partial charge in [-0.1, -0.05) is 12.1 Å². The predicted octanol–water partition coefficient (Wildman–Crippen LogP) is 0.993. The van der Waals surface area contributed by atoms with Crippen molar-refractivity contribution < 1.29 is 5.11 Å². The molecule has 184 valence electrons. The number of aliphatic imine (C=N–C) groups is 2. The highest BCUT2D eigenvalue weighted by molar-refractivity contribution is 6.09. The van der Waals surface area contributed by atoms with Gasteiger partial charge in [-0.05, 0) is 61.0 Å². The van der Waals surface area contributed by atoms with Crippen LogP contribution in [0.1, 0.15) is 12.8 Å². The fourth-order valence-electron chi connectivity index (χ4n) is 6.83. The summed E-state index contributed by atoms with van der Waals surface area (Å²) in [4.78, 5) is 27.0. The van der Waals surface area contributed by atoms with E-state index in [9.17, 15) is 5.11 Å². The zero-order valence-corrected chi connectivity index (χ0v) is 20.5. The molecule has 2 aromatic carbocycles. The number of hydrogen-bond acceptors (Lipinski definition) is 7. The Hall–Kier alpha value is -4.04. The molecule has 5 aliphatic heterocycles. The van der Waals surface area contributed by atoms with Gasteiger partial charge in [0.2, 0.25) is 0 Å². The number of piperazine rings is 1. The standard InChI is InChI=1S/C29H27N7O/c1-35-14-17-4-5-18(15-35)36(17)16-6-9-24-25(11-16)34-28(33-24)21-8-7-19(23-13-32-29(37)26(21)23)22-12-31-27-20(22)3-2-10-30-27/h2-3,6-13,17-18,20,27,32,37H,4-5,14-15H2,1H3/b22-19+,28-21-. The molecule has 0 saturated carbocycles. The monoisotopic (exact) mass is 489 g/mol. The summed E-state index contributed by atoms with van der Waals surface area (Å²) in [7, 11) is 2.22. The summed E-state index contributed by atoms with van der Waals surface area (Å²) in [5, 5.41) is 16.1. The molecule has 0 amide bonds. The number of anilines is 1. The molecule has 0 spiro atoms. The molecule has 4 atom stereocenters. The number of hydrogen-bond donors (Lipinski definition) is 2. The fourth-order valence-corrected chi connectivity index (χ4v) is 6.83. The molecule has 2 fully saturated rings. The number of likely N-dealkylation sites (tertiary alicyclic amines) is 1. The number of aromatic nitrogens is 1. The zero-order valence-electron chi connectivity index (χ0n) is 20.5. The van der Waals surface area contributed by atoms with Crippen LogP contribution in [-0.4, -0.2) is 65.8 Å². The van der Waals surface area contributed by atoms with E-state index in [1.165, 1.54) is 18.5 Å². The van der Waals surface area contributed by atoms with E-state index in [0.717, 1.165) is 50.6 Å². The summed E-state index contributed by atoms with van der Waals surface area (Å²) in [6.07, 6.45) is 12.1. The molecule has 8 heteroatoms. The van der Waals surface area contributed by atoms with Gasteiger partial charge in [-0.15, -0.1) is 0 Å². The van der Waals surface area contributed by atoms with E-state index in [2.05, 4.69) is 62.2 Å². The number of rotatable bonds is 1. The highest BCUT2D eigenvalue weighted by atomic mass is 16.3. The van der Waals surface area contributed by atoms with E-state index in [1.54, 1.807) is 6.21 Å². The first kappa shape index (κ1) is 21.1. The molecule has 1 aromatic heterocycles. The third-order valence-electron chi connectivity index (χ3n) is 8.45. The van der Waals surface area contributed by atoms with Gasteiger partial charge in [-0.2, -0.15) is 0 Å². The van der Waals surface area contributed by atoms with E-state index in [-0.39, 0.29) is 18.0 Å². The SMILES string of the molecule is CN1CC2CCC(C1)N2c1ccc2c(c1)=N/C(=c1/cc/c(=C3/C=NC4N=CC=CC34)c3c[nH]c(O)c13)N=2. The van der Waals surface area contributed by atoms with Crippen LogP contribution in [0.15, 0.2) is 68.7 Å². The smallest absolute Gasteiger partial charge is 0.197 e. The zero-order chi connectivity index (χ0) is 24.7. The van der Waals surface area contributed by atoms with Crippen molar-refractivity contribution in [3.63, 3.8) is 0 Å². The van der Waals surface area contributed by atoms with Crippen LogP contribution in [0.3, 0.4) is 0 Å². The summed E-state index contributed by atoms with van der Waals surface area (Å²) in [5.41, 5.74) is 2.34.